The van der Waals surface area contributed by atoms with Gasteiger partial charge in [0.25, 0.3) is 17.4 Å². The smallest absolute Gasteiger partial charge is 0.324 e. The second kappa shape index (κ2) is 9.04. The van der Waals surface area contributed by atoms with Crippen LogP contribution in [0.15, 0.2) is 41.2 Å². The summed E-state index contributed by atoms with van der Waals surface area (Å²) in [6.45, 7) is 2.48. The number of halogens is 1. The van der Waals surface area contributed by atoms with Crippen molar-refractivity contribution >= 4 is 39.2 Å². The van der Waals surface area contributed by atoms with Crippen molar-refractivity contribution in [2.45, 2.75) is 49.3 Å². The van der Waals surface area contributed by atoms with Crippen LogP contribution < -0.4 is 10.9 Å². The third-order valence-electron chi connectivity index (χ3n) is 6.93. The van der Waals surface area contributed by atoms with Gasteiger partial charge < -0.3 is 19.9 Å². The zero-order valence-corrected chi connectivity index (χ0v) is 21.4. The average Bonchev–Trinajstić information content (AvgIpc) is 3.62. The minimum absolute atomic E-state index is 0.0474. The maximum Gasteiger partial charge on any atom is 0.324 e. The van der Waals surface area contributed by atoms with Crippen LogP contribution in [0.5, 0.6) is 0 Å². The van der Waals surface area contributed by atoms with Crippen LogP contribution >= 0.6 is 11.6 Å². The second-order valence-electron chi connectivity index (χ2n) is 9.63. The van der Waals surface area contributed by atoms with E-state index in [0.29, 0.717) is 5.02 Å². The highest BCUT2D eigenvalue weighted by molar-refractivity contribution is 7.95. The van der Waals surface area contributed by atoms with Crippen LogP contribution in [0.25, 0.3) is 0 Å². The molecular weight excluding hydrogens is 510 g/mol. The zero-order valence-electron chi connectivity index (χ0n) is 19.8. The standard InChI is InChI=1S/C24H26ClN3O7S/c1-23(2,22(32)33)36(34,35)24(9-10-24)14-27-11-12-28-18(21(27)31)8-7-17(20(28)30)19(29)26-13-15-3-5-16(25)6-4-15/h3-8H,9-14H2,1-2H3,(H,26,29)(H,32,33). The van der Waals surface area contributed by atoms with Crippen molar-refractivity contribution in [2.75, 3.05) is 13.1 Å². The van der Waals surface area contributed by atoms with Gasteiger partial charge in [-0.3, -0.25) is 19.2 Å². The molecule has 1 fully saturated rings. The van der Waals surface area contributed by atoms with E-state index < -0.39 is 42.7 Å². The third kappa shape index (κ3) is 4.30. The average molecular weight is 536 g/mol. The van der Waals surface area contributed by atoms with Crippen LogP contribution in [0.1, 0.15) is 53.1 Å². The summed E-state index contributed by atoms with van der Waals surface area (Å²) in [6.07, 6.45) is 0.519. The van der Waals surface area contributed by atoms with Gasteiger partial charge in [0.15, 0.2) is 14.6 Å². The molecule has 4 rings (SSSR count). The van der Waals surface area contributed by atoms with E-state index in [1.54, 1.807) is 24.3 Å². The number of carboxylic acid groups (broad SMARTS) is 1. The fraction of sp³-hybridized carbons (Fsp3) is 0.417. The number of benzene rings is 1. The lowest BCUT2D eigenvalue weighted by molar-refractivity contribution is -0.139. The van der Waals surface area contributed by atoms with Gasteiger partial charge in [-0.15, -0.1) is 0 Å². The Kier molecular flexibility index (Phi) is 6.50. The molecule has 0 bridgehead atoms. The summed E-state index contributed by atoms with van der Waals surface area (Å²) in [7, 11) is -4.11. The predicted octanol–water partition coefficient (Wildman–Crippen LogP) is 1.70. The monoisotopic (exact) mass is 535 g/mol. The number of fused-ring (bicyclic) bond motifs is 1. The predicted molar refractivity (Wildman–Crippen MR) is 132 cm³/mol. The molecule has 0 atom stereocenters. The molecule has 0 saturated heterocycles. The third-order valence-corrected chi connectivity index (χ3v) is 10.4. The van der Waals surface area contributed by atoms with E-state index in [2.05, 4.69) is 5.32 Å². The number of aliphatic carboxylic acids is 1. The molecule has 1 aliphatic heterocycles. The summed E-state index contributed by atoms with van der Waals surface area (Å²) in [4.78, 5) is 51.7. The van der Waals surface area contributed by atoms with Gasteiger partial charge in [-0.2, -0.15) is 0 Å². The zero-order chi connectivity index (χ0) is 26.5. The maximum atomic E-state index is 13.1. The number of pyridine rings is 1. The van der Waals surface area contributed by atoms with Crippen LogP contribution in [-0.4, -0.2) is 63.4 Å². The summed E-state index contributed by atoms with van der Waals surface area (Å²) >= 11 is 5.86. The molecule has 0 spiro atoms. The molecule has 1 aromatic heterocycles. The number of nitrogens with zero attached hydrogens (tertiary/aromatic N) is 2. The summed E-state index contributed by atoms with van der Waals surface area (Å²) in [5.41, 5.74) is 0.117. The molecule has 1 aliphatic carbocycles. The quantitative estimate of drug-likeness (QED) is 0.523. The first-order valence-corrected chi connectivity index (χ1v) is 13.2. The summed E-state index contributed by atoms with van der Waals surface area (Å²) < 4.78 is 24.2. The number of carboxylic acids is 1. The molecular formula is C24H26ClN3O7S. The summed E-state index contributed by atoms with van der Waals surface area (Å²) in [6, 6.07) is 9.54. The van der Waals surface area contributed by atoms with E-state index in [-0.39, 0.29) is 50.3 Å². The van der Waals surface area contributed by atoms with Gasteiger partial charge in [-0.25, -0.2) is 8.42 Å². The van der Waals surface area contributed by atoms with Gasteiger partial charge in [0, 0.05) is 31.2 Å². The lowest BCUT2D eigenvalue weighted by atomic mass is 10.1. The van der Waals surface area contributed by atoms with Crippen LogP contribution in [0.3, 0.4) is 0 Å². The molecule has 0 unspecified atom stereocenters. The van der Waals surface area contributed by atoms with E-state index in [9.17, 15) is 32.7 Å². The Labute approximate surface area is 212 Å². The van der Waals surface area contributed by atoms with E-state index in [1.807, 2.05) is 0 Å². The van der Waals surface area contributed by atoms with E-state index in [1.165, 1.54) is 21.6 Å². The van der Waals surface area contributed by atoms with Crippen molar-refractivity contribution in [3.05, 3.63) is 68.6 Å². The minimum Gasteiger partial charge on any atom is -0.480 e. The molecule has 2 amide bonds. The van der Waals surface area contributed by atoms with Gasteiger partial charge >= 0.3 is 5.97 Å². The van der Waals surface area contributed by atoms with Crippen molar-refractivity contribution in [2.24, 2.45) is 0 Å². The Morgan fingerprint density at radius 2 is 1.72 bits per heavy atom. The molecule has 192 valence electrons. The highest BCUT2D eigenvalue weighted by Crippen LogP contribution is 2.49. The Balaban J connectivity index is 1.51. The van der Waals surface area contributed by atoms with E-state index in [4.69, 9.17) is 11.6 Å². The van der Waals surface area contributed by atoms with Crippen molar-refractivity contribution in [3.8, 4) is 0 Å². The number of hydrogen-bond donors (Lipinski definition) is 2. The number of amides is 2. The Morgan fingerprint density at radius 1 is 1.08 bits per heavy atom. The van der Waals surface area contributed by atoms with Gasteiger partial charge in [0.2, 0.25) is 0 Å². The number of aromatic nitrogens is 1. The fourth-order valence-corrected chi connectivity index (χ4v) is 6.73. The summed E-state index contributed by atoms with van der Waals surface area (Å²) in [5.74, 6) is -2.57. The molecule has 2 N–H and O–H groups in total. The molecule has 1 aromatic carbocycles. The lowest BCUT2D eigenvalue weighted by Crippen LogP contribution is -2.54. The lowest BCUT2D eigenvalue weighted by Gasteiger charge is -2.34. The van der Waals surface area contributed by atoms with Crippen molar-refractivity contribution in [1.82, 2.24) is 14.8 Å². The molecule has 2 aliphatic rings. The Hall–Kier alpha value is -3.18. The first-order chi connectivity index (χ1) is 16.8. The topological polar surface area (TPSA) is 143 Å². The van der Waals surface area contributed by atoms with E-state index in [0.717, 1.165) is 19.4 Å². The SMILES string of the molecule is CC(C)(C(=O)O)S(=O)(=O)C1(CN2CCn3c(ccc(C(=O)NCc4ccc(Cl)cc4)c3=O)C2=O)CC1. The molecule has 0 radical (unpaired) electrons. The van der Waals surface area contributed by atoms with Crippen molar-refractivity contribution in [3.63, 3.8) is 0 Å². The van der Waals surface area contributed by atoms with Crippen LogP contribution in [0, 0.1) is 0 Å². The molecule has 36 heavy (non-hydrogen) atoms. The number of carbonyl (C=O) groups excluding carboxylic acids is 2. The van der Waals surface area contributed by atoms with E-state index >= 15 is 0 Å². The first-order valence-electron chi connectivity index (χ1n) is 11.3. The largest absolute Gasteiger partial charge is 0.480 e. The highest BCUT2D eigenvalue weighted by Gasteiger charge is 2.63. The van der Waals surface area contributed by atoms with Gasteiger partial charge in [0.1, 0.15) is 11.3 Å². The molecule has 12 heteroatoms. The van der Waals surface area contributed by atoms with Gasteiger partial charge in [-0.1, -0.05) is 23.7 Å². The maximum absolute atomic E-state index is 13.1. The van der Waals surface area contributed by atoms with Crippen molar-refractivity contribution in [1.29, 1.82) is 0 Å². The number of carbonyl (C=O) groups is 3. The Morgan fingerprint density at radius 3 is 2.31 bits per heavy atom. The molecule has 2 aromatic rings. The number of hydrogen-bond acceptors (Lipinski definition) is 6. The second-order valence-corrected chi connectivity index (χ2v) is 13.0. The van der Waals surface area contributed by atoms with Crippen molar-refractivity contribution < 1.29 is 27.9 Å². The van der Waals surface area contributed by atoms with Crippen LogP contribution in [0.2, 0.25) is 5.02 Å². The van der Waals surface area contributed by atoms with Crippen LogP contribution in [-0.2, 0) is 27.7 Å². The molecule has 2 heterocycles. The van der Waals surface area contributed by atoms with Gasteiger partial charge in [0.05, 0.1) is 4.75 Å². The first kappa shape index (κ1) is 25.9. The minimum atomic E-state index is -4.11. The normalized spacial score (nSPS) is 16.9. The molecule has 10 nitrogen and oxygen atoms in total. The van der Waals surface area contributed by atoms with Crippen LogP contribution in [0.4, 0.5) is 0 Å². The summed E-state index contributed by atoms with van der Waals surface area (Å²) in [5, 5.41) is 12.7. The fourth-order valence-electron chi connectivity index (χ4n) is 4.33. The Bertz CT molecular complexity index is 1410. The number of sulfone groups is 1. The molecule has 1 saturated carbocycles. The van der Waals surface area contributed by atoms with Gasteiger partial charge in [-0.05, 0) is 56.5 Å². The highest BCUT2D eigenvalue weighted by atomic mass is 35.5. The number of rotatable bonds is 8. The number of nitrogens with one attached hydrogen (secondary N) is 1.